The van der Waals surface area contributed by atoms with Crippen molar-refractivity contribution in [2.24, 2.45) is 0 Å². The van der Waals surface area contributed by atoms with E-state index in [1.807, 2.05) is 0 Å². The van der Waals surface area contributed by atoms with Gasteiger partial charge in [0.1, 0.15) is 0 Å². The van der Waals surface area contributed by atoms with E-state index in [2.05, 4.69) is 15.4 Å². The van der Waals surface area contributed by atoms with Crippen molar-refractivity contribution < 1.29 is 14.7 Å². The summed E-state index contributed by atoms with van der Waals surface area (Å²) in [6, 6.07) is 0. The van der Waals surface area contributed by atoms with Gasteiger partial charge in [-0.25, -0.2) is 14.8 Å². The number of carboxylic acid groups (broad SMARTS) is 1. The molecular formula is C7H10N4O3. The maximum Gasteiger partial charge on any atom is 0.354 e. The molecule has 0 aromatic carbocycles. The van der Waals surface area contributed by atoms with Crippen LogP contribution < -0.4 is 5.43 Å². The number of carbonyl (C=O) groups excluding carboxylic acids is 1. The molecule has 14 heavy (non-hydrogen) atoms. The van der Waals surface area contributed by atoms with E-state index >= 15 is 0 Å². The molecule has 1 aromatic rings. The van der Waals surface area contributed by atoms with Crippen LogP contribution in [-0.2, 0) is 0 Å². The number of hydrogen-bond donors (Lipinski definition) is 3. The Bertz CT molecular complexity index is 358. The topological polar surface area (TPSA) is 98.3 Å². The first-order valence-electron chi connectivity index (χ1n) is 3.77. The fourth-order valence-corrected chi connectivity index (χ4v) is 0.886. The molecule has 1 aromatic heterocycles. The Morgan fingerprint density at radius 2 is 2.21 bits per heavy atom. The average Bonchev–Trinajstić information content (AvgIpc) is 2.49. The SMILES string of the molecule is CN(C)NC(=O)c1nc[nH]c1C(=O)O. The number of nitrogens with one attached hydrogen (secondary N) is 2. The maximum atomic E-state index is 11.3. The van der Waals surface area contributed by atoms with E-state index in [0.29, 0.717) is 0 Å². The van der Waals surface area contributed by atoms with Crippen LogP contribution >= 0.6 is 0 Å². The van der Waals surface area contributed by atoms with Crippen molar-refractivity contribution in [2.45, 2.75) is 0 Å². The molecule has 7 nitrogen and oxygen atoms in total. The van der Waals surface area contributed by atoms with Crippen molar-refractivity contribution in [2.75, 3.05) is 14.1 Å². The minimum Gasteiger partial charge on any atom is -0.477 e. The number of carboxylic acids is 1. The Morgan fingerprint density at radius 1 is 1.57 bits per heavy atom. The van der Waals surface area contributed by atoms with Crippen LogP contribution in [0.3, 0.4) is 0 Å². The van der Waals surface area contributed by atoms with Gasteiger partial charge in [0.2, 0.25) is 0 Å². The minimum absolute atomic E-state index is 0.133. The lowest BCUT2D eigenvalue weighted by Gasteiger charge is -2.10. The van der Waals surface area contributed by atoms with E-state index < -0.39 is 11.9 Å². The van der Waals surface area contributed by atoms with Crippen LogP contribution in [0, 0.1) is 0 Å². The van der Waals surface area contributed by atoms with Gasteiger partial charge in [-0.1, -0.05) is 0 Å². The fourth-order valence-electron chi connectivity index (χ4n) is 0.886. The molecule has 0 unspecified atom stereocenters. The molecule has 1 amide bonds. The number of aromatic nitrogens is 2. The van der Waals surface area contributed by atoms with E-state index in [1.54, 1.807) is 14.1 Å². The van der Waals surface area contributed by atoms with Gasteiger partial charge in [0.05, 0.1) is 6.33 Å². The quantitative estimate of drug-likeness (QED) is 0.558. The van der Waals surface area contributed by atoms with E-state index in [0.717, 1.165) is 6.33 Å². The molecule has 0 fully saturated rings. The van der Waals surface area contributed by atoms with Crippen molar-refractivity contribution in [3.63, 3.8) is 0 Å². The molecule has 1 rings (SSSR count). The minimum atomic E-state index is -1.22. The lowest BCUT2D eigenvalue weighted by Crippen LogP contribution is -2.37. The Morgan fingerprint density at radius 3 is 2.71 bits per heavy atom. The van der Waals surface area contributed by atoms with Crippen LogP contribution in [0.1, 0.15) is 21.0 Å². The van der Waals surface area contributed by atoms with Crippen LogP contribution in [0.25, 0.3) is 0 Å². The number of hydrogen-bond acceptors (Lipinski definition) is 4. The molecule has 0 bridgehead atoms. The summed E-state index contributed by atoms with van der Waals surface area (Å²) in [5.74, 6) is -1.78. The molecule has 0 aliphatic rings. The third-order valence-electron chi connectivity index (χ3n) is 1.39. The zero-order valence-electron chi connectivity index (χ0n) is 7.74. The number of imidazole rings is 1. The summed E-state index contributed by atoms with van der Waals surface area (Å²) in [5.41, 5.74) is 2.04. The van der Waals surface area contributed by atoms with E-state index in [1.165, 1.54) is 5.01 Å². The number of nitrogens with zero attached hydrogens (tertiary/aromatic N) is 2. The zero-order valence-corrected chi connectivity index (χ0v) is 7.74. The Labute approximate surface area is 79.7 Å². The molecule has 0 aliphatic heterocycles. The van der Waals surface area contributed by atoms with Crippen LogP contribution in [0.2, 0.25) is 0 Å². The lowest BCUT2D eigenvalue weighted by atomic mass is 10.3. The number of hydrazine groups is 1. The standard InChI is InChI=1S/C7H10N4O3/c1-11(2)10-6(12)4-5(7(13)14)9-3-8-4/h3H,1-2H3,(H,8,9)(H,10,12)(H,13,14). The molecule has 0 saturated carbocycles. The van der Waals surface area contributed by atoms with E-state index in [4.69, 9.17) is 5.11 Å². The van der Waals surface area contributed by atoms with Crippen LogP contribution in [0.15, 0.2) is 6.33 Å². The Balaban J connectivity index is 2.90. The highest BCUT2D eigenvalue weighted by Gasteiger charge is 2.19. The highest BCUT2D eigenvalue weighted by Crippen LogP contribution is 2.02. The molecular weight excluding hydrogens is 188 g/mol. The van der Waals surface area contributed by atoms with Gasteiger partial charge in [0, 0.05) is 14.1 Å². The Kier molecular flexibility index (Phi) is 2.82. The van der Waals surface area contributed by atoms with Gasteiger partial charge in [-0.05, 0) is 0 Å². The first kappa shape index (κ1) is 10.2. The first-order chi connectivity index (χ1) is 6.52. The van der Waals surface area contributed by atoms with Gasteiger partial charge in [0.25, 0.3) is 5.91 Å². The maximum absolute atomic E-state index is 11.3. The second-order valence-corrected chi connectivity index (χ2v) is 2.77. The first-order valence-corrected chi connectivity index (χ1v) is 3.77. The van der Waals surface area contributed by atoms with E-state index in [9.17, 15) is 9.59 Å². The molecule has 7 heteroatoms. The highest BCUT2D eigenvalue weighted by molar-refractivity contribution is 6.01. The van der Waals surface area contributed by atoms with Crippen LogP contribution in [0.4, 0.5) is 0 Å². The molecule has 3 N–H and O–H groups in total. The molecule has 76 valence electrons. The summed E-state index contributed by atoms with van der Waals surface area (Å²) >= 11 is 0. The summed E-state index contributed by atoms with van der Waals surface area (Å²) < 4.78 is 0. The van der Waals surface area contributed by atoms with Crippen molar-refractivity contribution in [1.29, 1.82) is 0 Å². The fraction of sp³-hybridized carbons (Fsp3) is 0.286. The number of carbonyl (C=O) groups is 2. The second kappa shape index (κ2) is 3.88. The van der Waals surface area contributed by atoms with E-state index in [-0.39, 0.29) is 11.4 Å². The summed E-state index contributed by atoms with van der Waals surface area (Å²) in [4.78, 5) is 27.9. The lowest BCUT2D eigenvalue weighted by molar-refractivity contribution is 0.0681. The highest BCUT2D eigenvalue weighted by atomic mass is 16.4. The van der Waals surface area contributed by atoms with Gasteiger partial charge >= 0.3 is 5.97 Å². The summed E-state index contributed by atoms with van der Waals surface area (Å²) in [6.07, 6.45) is 1.16. The third-order valence-corrected chi connectivity index (χ3v) is 1.39. The molecule has 0 saturated heterocycles. The smallest absolute Gasteiger partial charge is 0.354 e. The number of H-pyrrole nitrogens is 1. The van der Waals surface area contributed by atoms with Gasteiger partial charge in [-0.3, -0.25) is 10.2 Å². The largest absolute Gasteiger partial charge is 0.477 e. The number of aromatic amines is 1. The molecule has 1 heterocycles. The number of amides is 1. The summed E-state index contributed by atoms with van der Waals surface area (Å²) in [5, 5.41) is 10.1. The number of aromatic carboxylic acids is 1. The molecule has 0 radical (unpaired) electrons. The molecule has 0 atom stereocenters. The monoisotopic (exact) mass is 198 g/mol. The second-order valence-electron chi connectivity index (χ2n) is 2.77. The van der Waals surface area contributed by atoms with Gasteiger partial charge < -0.3 is 10.1 Å². The zero-order chi connectivity index (χ0) is 10.7. The van der Waals surface area contributed by atoms with Crippen LogP contribution in [0.5, 0.6) is 0 Å². The van der Waals surface area contributed by atoms with Crippen molar-refractivity contribution in [1.82, 2.24) is 20.4 Å². The number of rotatable bonds is 3. The third kappa shape index (κ3) is 2.07. The van der Waals surface area contributed by atoms with Crippen LogP contribution in [-0.4, -0.2) is 46.1 Å². The van der Waals surface area contributed by atoms with Gasteiger partial charge in [-0.2, -0.15) is 0 Å². The predicted octanol–water partition coefficient (Wildman–Crippen LogP) is -0.686. The van der Waals surface area contributed by atoms with Gasteiger partial charge in [0.15, 0.2) is 11.4 Å². The van der Waals surface area contributed by atoms with Crippen molar-refractivity contribution >= 4 is 11.9 Å². The molecule has 0 aliphatic carbocycles. The Hall–Kier alpha value is -1.89. The van der Waals surface area contributed by atoms with Gasteiger partial charge in [-0.15, -0.1) is 0 Å². The predicted molar refractivity (Wildman–Crippen MR) is 46.7 cm³/mol. The summed E-state index contributed by atoms with van der Waals surface area (Å²) in [6.45, 7) is 0. The summed E-state index contributed by atoms with van der Waals surface area (Å²) in [7, 11) is 3.23. The average molecular weight is 198 g/mol. The van der Waals surface area contributed by atoms with Crippen molar-refractivity contribution in [3.8, 4) is 0 Å². The van der Waals surface area contributed by atoms with Crippen molar-refractivity contribution in [3.05, 3.63) is 17.7 Å². The molecule has 0 spiro atoms. The normalized spacial score (nSPS) is 10.2.